The lowest BCUT2D eigenvalue weighted by molar-refractivity contribution is -0.136. The summed E-state index contributed by atoms with van der Waals surface area (Å²) in [6.45, 7) is 6.43. The molecule has 3 amide bonds. The number of primary amides is 1. The molecule has 0 saturated carbocycles. The zero-order valence-electron chi connectivity index (χ0n) is 33.0. The summed E-state index contributed by atoms with van der Waals surface area (Å²) in [5.74, 6) is 0.364. The fourth-order valence-corrected chi connectivity index (χ4v) is 9.40. The van der Waals surface area contributed by atoms with Crippen LogP contribution in [0.3, 0.4) is 0 Å². The zero-order valence-corrected chi connectivity index (χ0v) is 33.0. The molecule has 0 aromatic heterocycles. The van der Waals surface area contributed by atoms with Crippen molar-refractivity contribution in [2.75, 3.05) is 69.3 Å². The number of ether oxygens (including phenoxy) is 2. The monoisotopic (exact) mass is 789 g/mol. The number of imide groups is 1. The van der Waals surface area contributed by atoms with Crippen molar-refractivity contribution in [1.29, 1.82) is 0 Å². The summed E-state index contributed by atoms with van der Waals surface area (Å²) >= 11 is 0. The van der Waals surface area contributed by atoms with E-state index in [1.807, 2.05) is 23.1 Å². The number of aryl methyl sites for hydroxylation is 1. The van der Waals surface area contributed by atoms with Gasteiger partial charge in [0, 0.05) is 92.9 Å². The van der Waals surface area contributed by atoms with Crippen LogP contribution in [0.15, 0.2) is 78.9 Å². The number of nitrogens with two attached hydrogens (primary N) is 1. The first-order valence-electron chi connectivity index (χ1n) is 20.5. The van der Waals surface area contributed by atoms with Crippen LogP contribution in [0.25, 0.3) is 0 Å². The maximum absolute atomic E-state index is 15.4. The van der Waals surface area contributed by atoms with Crippen LogP contribution in [0, 0.1) is 17.7 Å². The quantitative estimate of drug-likeness (QED) is 0.157. The Hall–Kier alpha value is -5.62. The number of benzene rings is 4. The first-order chi connectivity index (χ1) is 28.1. The molecule has 3 fully saturated rings. The Morgan fingerprint density at radius 1 is 0.914 bits per heavy atom. The number of piperazine rings is 1. The molecule has 0 spiro atoms. The van der Waals surface area contributed by atoms with Crippen molar-refractivity contribution in [3.05, 3.63) is 112 Å². The molecule has 0 aliphatic carbocycles. The van der Waals surface area contributed by atoms with Gasteiger partial charge in [-0.3, -0.25) is 24.6 Å². The molecule has 4 N–H and O–H groups in total. The van der Waals surface area contributed by atoms with Crippen LogP contribution in [-0.2, 0) is 16.0 Å². The maximum atomic E-state index is 15.4. The highest BCUT2D eigenvalue weighted by molar-refractivity contribution is 5.98. The molecular formula is C46H52FN5O6. The van der Waals surface area contributed by atoms with Gasteiger partial charge < -0.3 is 30.1 Å². The lowest BCUT2D eigenvalue weighted by atomic mass is 9.76. The minimum Gasteiger partial charge on any atom is -0.508 e. The van der Waals surface area contributed by atoms with Crippen LogP contribution in [0.5, 0.6) is 17.2 Å². The summed E-state index contributed by atoms with van der Waals surface area (Å²) in [5, 5.41) is 12.6. The highest BCUT2D eigenvalue weighted by Crippen LogP contribution is 2.47. The van der Waals surface area contributed by atoms with E-state index in [4.69, 9.17) is 15.2 Å². The molecule has 4 aliphatic rings. The number of hydrogen-bond acceptors (Lipinski definition) is 9. The van der Waals surface area contributed by atoms with Gasteiger partial charge in [-0.1, -0.05) is 30.3 Å². The Morgan fingerprint density at radius 3 is 2.41 bits per heavy atom. The van der Waals surface area contributed by atoms with Gasteiger partial charge in [0.25, 0.3) is 0 Å². The Labute approximate surface area is 338 Å². The van der Waals surface area contributed by atoms with E-state index in [0.29, 0.717) is 62.5 Å². The van der Waals surface area contributed by atoms with E-state index in [1.54, 1.807) is 25.3 Å². The molecule has 0 unspecified atom stereocenters. The molecule has 4 heterocycles. The standard InChI is InChI=1S/C46H52FN5O6/c1-57-36-4-2-3-32(23-36)39-28-58-42-25-35(53)12-13-37(42)44(39)30-7-10-34(11-8-30)51-17-15-29(16-18-51)27-50-19-21-52(22-20-50)41-24-33(38(45(48)55)26-40(41)47)6-5-31-9-14-43(54)49-46(31)56/h2-4,7-8,10-13,23-26,29,31,39,44,53H,5-6,9,14-22,27-28H2,1H3,(H2,48,55)(H,49,54,56)/t31-,39+,44+/m0/s1. The van der Waals surface area contributed by atoms with Crippen LogP contribution in [0.1, 0.15) is 76.6 Å². The summed E-state index contributed by atoms with van der Waals surface area (Å²) < 4.78 is 27.2. The number of fused-ring (bicyclic) bond motifs is 1. The lowest BCUT2D eigenvalue weighted by Crippen LogP contribution is -2.49. The minimum absolute atomic E-state index is 0.0507. The second-order valence-corrected chi connectivity index (χ2v) is 16.2. The number of hydrogen-bond donors (Lipinski definition) is 3. The average molecular weight is 790 g/mol. The van der Waals surface area contributed by atoms with Crippen LogP contribution in [0.4, 0.5) is 15.8 Å². The number of rotatable bonds is 11. The van der Waals surface area contributed by atoms with Gasteiger partial charge >= 0.3 is 0 Å². The van der Waals surface area contributed by atoms with Gasteiger partial charge in [0.05, 0.1) is 19.4 Å². The number of amides is 3. The number of aromatic hydroxyl groups is 1. The average Bonchev–Trinajstić information content (AvgIpc) is 3.24. The third kappa shape index (κ3) is 8.48. The van der Waals surface area contributed by atoms with Gasteiger partial charge in [-0.15, -0.1) is 0 Å². The molecule has 58 heavy (non-hydrogen) atoms. The van der Waals surface area contributed by atoms with Crippen LogP contribution < -0.4 is 30.3 Å². The van der Waals surface area contributed by atoms with E-state index in [-0.39, 0.29) is 40.9 Å². The smallest absolute Gasteiger partial charge is 0.249 e. The normalized spacial score (nSPS) is 21.6. The largest absolute Gasteiger partial charge is 0.508 e. The number of halogens is 1. The molecule has 3 atom stereocenters. The lowest BCUT2D eigenvalue weighted by Gasteiger charge is -2.40. The van der Waals surface area contributed by atoms with Gasteiger partial charge in [-0.25, -0.2) is 4.39 Å². The van der Waals surface area contributed by atoms with Gasteiger partial charge in [0.1, 0.15) is 23.1 Å². The molecular weight excluding hydrogens is 738 g/mol. The van der Waals surface area contributed by atoms with E-state index in [9.17, 15) is 19.5 Å². The number of phenols is 1. The van der Waals surface area contributed by atoms with Gasteiger partial charge in [0.2, 0.25) is 17.7 Å². The van der Waals surface area contributed by atoms with Crippen molar-refractivity contribution in [2.24, 2.45) is 17.6 Å². The number of phenolic OH excluding ortho intramolecular Hbond substituents is 1. The Balaban J connectivity index is 0.862. The molecule has 4 aromatic carbocycles. The molecule has 304 valence electrons. The number of methoxy groups -OCH3 is 1. The van der Waals surface area contributed by atoms with Crippen molar-refractivity contribution < 1.29 is 33.4 Å². The van der Waals surface area contributed by atoms with E-state index in [1.165, 1.54) is 17.3 Å². The first-order valence-corrected chi connectivity index (χ1v) is 20.5. The van der Waals surface area contributed by atoms with E-state index in [2.05, 4.69) is 51.5 Å². The number of carbonyl (C=O) groups is 3. The molecule has 11 nitrogen and oxygen atoms in total. The second kappa shape index (κ2) is 17.1. The molecule has 12 heteroatoms. The predicted molar refractivity (Wildman–Crippen MR) is 220 cm³/mol. The number of anilines is 2. The second-order valence-electron chi connectivity index (χ2n) is 16.2. The predicted octanol–water partition coefficient (Wildman–Crippen LogP) is 5.97. The topological polar surface area (TPSA) is 138 Å². The Bertz CT molecular complexity index is 2150. The van der Waals surface area contributed by atoms with Crippen LogP contribution >= 0.6 is 0 Å². The highest BCUT2D eigenvalue weighted by atomic mass is 19.1. The maximum Gasteiger partial charge on any atom is 0.249 e. The summed E-state index contributed by atoms with van der Waals surface area (Å²) in [7, 11) is 1.68. The van der Waals surface area contributed by atoms with Gasteiger partial charge in [-0.05, 0) is 97.2 Å². The first kappa shape index (κ1) is 39.2. The third-order valence-corrected chi connectivity index (χ3v) is 12.7. The fraction of sp³-hybridized carbons (Fsp3) is 0.413. The zero-order chi connectivity index (χ0) is 40.3. The fourth-order valence-electron chi connectivity index (χ4n) is 9.40. The molecule has 4 aromatic rings. The Kier molecular flexibility index (Phi) is 11.5. The van der Waals surface area contributed by atoms with Gasteiger partial charge in [0.15, 0.2) is 0 Å². The summed E-state index contributed by atoms with van der Waals surface area (Å²) in [6, 6.07) is 25.5. The molecule has 4 aliphatic heterocycles. The van der Waals surface area contributed by atoms with E-state index >= 15 is 4.39 Å². The van der Waals surface area contributed by atoms with Crippen molar-refractivity contribution >= 4 is 29.1 Å². The summed E-state index contributed by atoms with van der Waals surface area (Å²) in [4.78, 5) is 43.1. The van der Waals surface area contributed by atoms with E-state index < -0.39 is 11.7 Å². The van der Waals surface area contributed by atoms with Crippen molar-refractivity contribution in [2.45, 2.75) is 50.4 Å². The minimum atomic E-state index is -0.695. The van der Waals surface area contributed by atoms with Crippen molar-refractivity contribution in [1.82, 2.24) is 10.2 Å². The molecule has 3 saturated heterocycles. The summed E-state index contributed by atoms with van der Waals surface area (Å²) in [5.41, 5.74) is 11.5. The van der Waals surface area contributed by atoms with E-state index in [0.717, 1.165) is 68.2 Å². The molecule has 0 bridgehead atoms. The number of carbonyl (C=O) groups excluding carboxylic acids is 3. The van der Waals surface area contributed by atoms with Crippen LogP contribution in [0.2, 0.25) is 0 Å². The van der Waals surface area contributed by atoms with Crippen molar-refractivity contribution in [3.8, 4) is 17.2 Å². The van der Waals surface area contributed by atoms with Gasteiger partial charge in [-0.2, -0.15) is 0 Å². The number of piperidine rings is 2. The SMILES string of the molecule is COc1cccc([C@H]2COc3cc(O)ccc3[C@H]2c2ccc(N3CCC(CN4CCN(c5cc(CC[C@H]6CCC(=O)NC6=O)c(C(N)=O)cc5F)CC4)CC3)cc2)c1. The Morgan fingerprint density at radius 2 is 1.69 bits per heavy atom. The third-order valence-electron chi connectivity index (χ3n) is 12.7. The number of nitrogens with one attached hydrogen (secondary N) is 1. The molecule has 8 rings (SSSR count). The highest BCUT2D eigenvalue weighted by Gasteiger charge is 2.35. The van der Waals surface area contributed by atoms with Crippen LogP contribution in [-0.4, -0.2) is 87.3 Å². The molecule has 0 radical (unpaired) electrons. The van der Waals surface area contributed by atoms with Crippen molar-refractivity contribution in [3.63, 3.8) is 0 Å². The number of nitrogens with zero attached hydrogens (tertiary/aromatic N) is 3. The summed E-state index contributed by atoms with van der Waals surface area (Å²) in [6.07, 6.45) is 3.78.